The third-order valence-electron chi connectivity index (χ3n) is 7.35. The smallest absolute Gasteiger partial charge is 0.361 e. The maximum absolute atomic E-state index is 12.8. The molecule has 35 heavy (non-hydrogen) atoms. The summed E-state index contributed by atoms with van der Waals surface area (Å²) in [7, 11) is 4.22. The normalized spacial score (nSPS) is 27.2. The van der Waals surface area contributed by atoms with Gasteiger partial charge in [0.25, 0.3) is 5.95 Å². The summed E-state index contributed by atoms with van der Waals surface area (Å²) < 4.78 is 39.2. The number of hydrogen-bond donors (Lipinski definition) is 2. The molecular weight excluding hydrogens is 461 g/mol. The van der Waals surface area contributed by atoms with Gasteiger partial charge in [0.05, 0.1) is 24.3 Å². The van der Waals surface area contributed by atoms with Crippen molar-refractivity contribution >= 4 is 5.69 Å². The Bertz CT molecular complexity index is 1160. The van der Waals surface area contributed by atoms with Crippen molar-refractivity contribution < 1.29 is 18.3 Å². The number of alkyl halides is 3. The van der Waals surface area contributed by atoms with Crippen LogP contribution >= 0.6 is 0 Å². The van der Waals surface area contributed by atoms with Crippen LogP contribution in [0.4, 0.5) is 18.9 Å². The maximum Gasteiger partial charge on any atom is 0.436 e. The lowest BCUT2D eigenvalue weighted by atomic mass is 9.69. The molecule has 3 aromatic rings. The Labute approximate surface area is 200 Å². The molecule has 1 unspecified atom stereocenters. The highest BCUT2D eigenvalue weighted by molar-refractivity contribution is 5.46. The Morgan fingerprint density at radius 3 is 2.29 bits per heavy atom. The largest absolute Gasteiger partial charge is 0.436 e. The van der Waals surface area contributed by atoms with E-state index in [1.54, 1.807) is 4.90 Å². The number of benzene rings is 1. The highest BCUT2D eigenvalue weighted by Crippen LogP contribution is 2.46. The van der Waals surface area contributed by atoms with E-state index < -0.39 is 18.2 Å². The second-order valence-electron chi connectivity index (χ2n) is 9.51. The zero-order valence-electron chi connectivity index (χ0n) is 19.4. The van der Waals surface area contributed by atoms with Gasteiger partial charge in [-0.2, -0.15) is 17.9 Å². The summed E-state index contributed by atoms with van der Waals surface area (Å²) in [4.78, 5) is 12.3. The number of hydrogen-bond acceptors (Lipinski definition) is 8. The van der Waals surface area contributed by atoms with Crippen molar-refractivity contribution in [1.29, 1.82) is 0 Å². The molecule has 1 saturated heterocycles. The van der Waals surface area contributed by atoms with Crippen LogP contribution < -0.4 is 10.2 Å². The first-order valence-electron chi connectivity index (χ1n) is 11.4. The van der Waals surface area contributed by atoms with Crippen molar-refractivity contribution in [1.82, 2.24) is 35.2 Å². The van der Waals surface area contributed by atoms with E-state index in [0.29, 0.717) is 12.2 Å². The van der Waals surface area contributed by atoms with Crippen molar-refractivity contribution in [2.24, 2.45) is 0 Å². The molecular formula is C23H27F3N8O. The summed E-state index contributed by atoms with van der Waals surface area (Å²) in [5.74, 6) is -0.0376. The monoisotopic (exact) mass is 488 g/mol. The van der Waals surface area contributed by atoms with Gasteiger partial charge in [0.2, 0.25) is 0 Å². The van der Waals surface area contributed by atoms with Gasteiger partial charge in [0, 0.05) is 17.6 Å². The zero-order valence-corrected chi connectivity index (χ0v) is 19.4. The molecule has 186 valence electrons. The van der Waals surface area contributed by atoms with E-state index in [1.165, 1.54) is 18.0 Å². The standard InChI is InChI=1S/C23H27F3N8O/c1-32(2)22(16-6-4-3-5-7-16)10-8-21(9-11-22)15-33(20(35)29-21)17-12-27-19(28-13-17)34-14-18(30-31-34)23(24,25)26/h3-7,12-14,20,29,35H,8-11,15H2,1-2H3. The van der Waals surface area contributed by atoms with Gasteiger partial charge in [-0.15, -0.1) is 5.10 Å². The van der Waals surface area contributed by atoms with Gasteiger partial charge in [-0.25, -0.2) is 9.97 Å². The quantitative estimate of drug-likeness (QED) is 0.579. The number of aromatic nitrogens is 5. The van der Waals surface area contributed by atoms with Crippen molar-refractivity contribution in [2.75, 3.05) is 25.5 Å². The average molecular weight is 489 g/mol. The topological polar surface area (TPSA) is 95.2 Å². The first-order valence-corrected chi connectivity index (χ1v) is 11.4. The van der Waals surface area contributed by atoms with Gasteiger partial charge in [0.1, 0.15) is 0 Å². The molecule has 1 aliphatic carbocycles. The summed E-state index contributed by atoms with van der Waals surface area (Å²) in [6, 6.07) is 10.5. The van der Waals surface area contributed by atoms with Gasteiger partial charge in [-0.05, 0) is 45.3 Å². The Balaban J connectivity index is 1.30. The molecule has 5 rings (SSSR count). The summed E-state index contributed by atoms with van der Waals surface area (Å²) in [5, 5.41) is 20.7. The molecule has 2 aromatic heterocycles. The fourth-order valence-electron chi connectivity index (χ4n) is 5.30. The van der Waals surface area contributed by atoms with Crippen LogP contribution in [0.25, 0.3) is 5.95 Å². The summed E-state index contributed by atoms with van der Waals surface area (Å²) in [6.07, 6.45) is 1.76. The fourth-order valence-corrected chi connectivity index (χ4v) is 5.30. The van der Waals surface area contributed by atoms with E-state index in [9.17, 15) is 18.3 Å². The number of nitrogens with one attached hydrogen (secondary N) is 1. The van der Waals surface area contributed by atoms with E-state index in [1.807, 2.05) is 6.07 Å². The molecule has 2 aliphatic rings. The molecule has 2 N–H and O–H groups in total. The molecule has 1 aliphatic heterocycles. The first kappa shape index (κ1) is 23.6. The number of nitrogens with zero attached hydrogens (tertiary/aromatic N) is 7. The molecule has 12 heteroatoms. The number of rotatable bonds is 4. The Kier molecular flexibility index (Phi) is 5.77. The zero-order chi connectivity index (χ0) is 24.8. The Hall–Kier alpha value is -3.09. The molecule has 3 heterocycles. The molecule has 1 saturated carbocycles. The second-order valence-corrected chi connectivity index (χ2v) is 9.51. The minimum Gasteiger partial charge on any atom is -0.361 e. The van der Waals surface area contributed by atoms with Crippen LogP contribution in [-0.4, -0.2) is 67.5 Å². The molecule has 2 fully saturated rings. The number of aliphatic hydroxyl groups excluding tert-OH is 1. The highest BCUT2D eigenvalue weighted by Gasteiger charge is 2.50. The average Bonchev–Trinajstić information content (AvgIpc) is 3.46. The van der Waals surface area contributed by atoms with Crippen molar-refractivity contribution in [3.63, 3.8) is 0 Å². The van der Waals surface area contributed by atoms with Gasteiger partial charge < -0.3 is 10.0 Å². The van der Waals surface area contributed by atoms with E-state index in [-0.39, 0.29) is 17.0 Å². The van der Waals surface area contributed by atoms with Crippen LogP contribution in [0.15, 0.2) is 48.9 Å². The van der Waals surface area contributed by atoms with Gasteiger partial charge in [0.15, 0.2) is 12.0 Å². The lowest BCUT2D eigenvalue weighted by molar-refractivity contribution is -0.141. The van der Waals surface area contributed by atoms with Crippen LogP contribution in [-0.2, 0) is 11.7 Å². The van der Waals surface area contributed by atoms with E-state index >= 15 is 0 Å². The summed E-state index contributed by atoms with van der Waals surface area (Å²) in [6.45, 7) is 0.566. The van der Waals surface area contributed by atoms with Crippen LogP contribution in [0.2, 0.25) is 0 Å². The first-order chi connectivity index (χ1) is 16.6. The van der Waals surface area contributed by atoms with Crippen LogP contribution in [0.3, 0.4) is 0 Å². The third kappa shape index (κ3) is 4.26. The van der Waals surface area contributed by atoms with E-state index in [0.717, 1.165) is 36.6 Å². The van der Waals surface area contributed by atoms with Gasteiger partial charge >= 0.3 is 6.18 Å². The van der Waals surface area contributed by atoms with Gasteiger partial charge in [-0.3, -0.25) is 10.2 Å². The fraction of sp³-hybridized carbons (Fsp3) is 0.478. The molecule has 0 amide bonds. The number of halogens is 3. The predicted molar refractivity (Wildman–Crippen MR) is 121 cm³/mol. The maximum atomic E-state index is 12.8. The number of anilines is 1. The molecule has 1 spiro atoms. The minimum absolute atomic E-state index is 0.0376. The van der Waals surface area contributed by atoms with Crippen molar-refractivity contribution in [3.05, 3.63) is 60.2 Å². The van der Waals surface area contributed by atoms with Crippen LogP contribution in [0.5, 0.6) is 0 Å². The molecule has 9 nitrogen and oxygen atoms in total. The predicted octanol–water partition coefficient (Wildman–Crippen LogP) is 2.53. The molecule has 0 bridgehead atoms. The second kappa shape index (κ2) is 8.54. The third-order valence-corrected chi connectivity index (χ3v) is 7.35. The Morgan fingerprint density at radius 2 is 1.71 bits per heavy atom. The highest BCUT2D eigenvalue weighted by atomic mass is 19.4. The molecule has 1 aromatic carbocycles. The minimum atomic E-state index is -4.59. The SMILES string of the molecule is CN(C)C1(c2ccccc2)CCC2(CC1)CN(c1cnc(-n3cc(C(F)(F)F)nn3)nc1)C(O)N2. The summed E-state index contributed by atoms with van der Waals surface area (Å²) in [5.41, 5.74) is 0.410. The summed E-state index contributed by atoms with van der Waals surface area (Å²) >= 11 is 0. The molecule has 0 radical (unpaired) electrons. The van der Waals surface area contributed by atoms with Crippen LogP contribution in [0, 0.1) is 0 Å². The lowest BCUT2D eigenvalue weighted by Gasteiger charge is -2.49. The van der Waals surface area contributed by atoms with E-state index in [4.69, 9.17) is 0 Å². The molecule has 1 atom stereocenters. The van der Waals surface area contributed by atoms with E-state index in [2.05, 4.69) is 68.9 Å². The van der Waals surface area contributed by atoms with Crippen LogP contribution in [0.1, 0.15) is 36.9 Å². The lowest BCUT2D eigenvalue weighted by Crippen LogP contribution is -2.54. The van der Waals surface area contributed by atoms with Crippen molar-refractivity contribution in [3.8, 4) is 5.95 Å². The van der Waals surface area contributed by atoms with Crippen molar-refractivity contribution in [2.45, 2.75) is 49.3 Å². The Morgan fingerprint density at radius 1 is 1.06 bits per heavy atom. The number of aliphatic hydroxyl groups is 1. The van der Waals surface area contributed by atoms with Gasteiger partial charge in [-0.1, -0.05) is 35.5 Å².